The Morgan fingerprint density at radius 2 is 1.64 bits per heavy atom. The molecule has 0 aliphatic carbocycles. The Bertz CT molecular complexity index is 2660. The van der Waals surface area contributed by atoms with Crippen LogP contribution in [0.4, 0.5) is 21.0 Å². The maximum atomic E-state index is 13.7. The van der Waals surface area contributed by atoms with Gasteiger partial charge in [-0.1, -0.05) is 49.4 Å². The number of hydrogen-bond acceptors (Lipinski definition) is 15. The minimum Gasteiger partial charge on any atom is -0.445 e. The summed E-state index contributed by atoms with van der Waals surface area (Å²) in [5.74, 6) is -2.68. The number of pyridine rings is 1. The number of rotatable bonds is 31. The summed E-state index contributed by atoms with van der Waals surface area (Å²) in [6, 6.07) is 11.3. The van der Waals surface area contributed by atoms with Gasteiger partial charge in [-0.2, -0.15) is 0 Å². The lowest BCUT2D eigenvalue weighted by molar-refractivity contribution is -0.132. The van der Waals surface area contributed by atoms with Crippen LogP contribution in [0.1, 0.15) is 108 Å². The third-order valence-corrected chi connectivity index (χ3v) is 12.0. The third-order valence-electron chi connectivity index (χ3n) is 12.0. The lowest BCUT2D eigenvalue weighted by Crippen LogP contribution is -2.55. The van der Waals surface area contributed by atoms with Crippen molar-refractivity contribution < 1.29 is 52.9 Å². The molecule has 1 aliphatic rings. The predicted octanol–water partition coefficient (Wildman–Crippen LogP) is 3.36. The molecule has 404 valence electrons. The highest BCUT2D eigenvalue weighted by molar-refractivity contribution is 6.05. The van der Waals surface area contributed by atoms with E-state index < -0.39 is 53.4 Å². The summed E-state index contributed by atoms with van der Waals surface area (Å²) in [6.07, 6.45) is 3.48. The van der Waals surface area contributed by atoms with E-state index in [1.807, 2.05) is 31.2 Å². The van der Waals surface area contributed by atoms with Crippen LogP contribution in [-0.2, 0) is 64.2 Å². The molecule has 23 nitrogen and oxygen atoms in total. The number of aryl methyl sites for hydroxylation is 1. The van der Waals surface area contributed by atoms with Crippen molar-refractivity contribution in [2.45, 2.75) is 129 Å². The van der Waals surface area contributed by atoms with Gasteiger partial charge >= 0.3 is 12.1 Å². The fourth-order valence-corrected chi connectivity index (χ4v) is 8.27. The van der Waals surface area contributed by atoms with Gasteiger partial charge in [0.05, 0.1) is 46.9 Å². The van der Waals surface area contributed by atoms with Crippen molar-refractivity contribution in [3.63, 3.8) is 0 Å². The standard InChI is InChI=1S/C52H70N12O11/c1-6-74-31-42-38(27-52(4,5)73)45-37-13-7-8-14-39(37)58-41(47(45)59-42)26-36(66)12-9-23-56-51(72)75-30-33-16-18-34(19-17-33)57-48(69)40(15-10-22-55-50(53)71)60-49(70)46(32(2)3)61-44(68)29-64-28-35(62-63-64)20-21-43(67)54-24-11-25-65/h7-8,13-14,16-19,25,28,32,38,40,46,73H,6,9-12,15,20-24,26-27,29-31H2,1-5H3,(H,54,67)(H,56,72)(H,57,69)(H,60,70)(H,61,68)(H3,53,55,71)/t38?,40-,46-/m0/s1. The number of anilines is 1. The number of nitrogens with zero attached hydrogens (tertiary/aromatic N) is 5. The number of nitrogens with two attached hydrogens (primary N) is 1. The largest absolute Gasteiger partial charge is 0.445 e. The number of ether oxygens (including phenoxy) is 2. The highest BCUT2D eigenvalue weighted by Gasteiger charge is 2.36. The number of primary amides is 1. The van der Waals surface area contributed by atoms with E-state index in [1.54, 1.807) is 52.0 Å². The van der Waals surface area contributed by atoms with Gasteiger partial charge in [0.25, 0.3) is 0 Å². The summed E-state index contributed by atoms with van der Waals surface area (Å²) in [6.45, 7) is 9.87. The van der Waals surface area contributed by atoms with E-state index in [-0.39, 0.29) is 95.3 Å². The third kappa shape index (κ3) is 19.0. The Hall–Kier alpha value is -7.66. The molecular formula is C52H70N12O11. The molecule has 7 amide bonds. The average molecular weight is 1040 g/mol. The van der Waals surface area contributed by atoms with Crippen LogP contribution < -0.4 is 37.6 Å². The summed E-state index contributed by atoms with van der Waals surface area (Å²) in [7, 11) is 0. The van der Waals surface area contributed by atoms with Crippen molar-refractivity contribution in [2.24, 2.45) is 16.6 Å². The van der Waals surface area contributed by atoms with Gasteiger partial charge in [0, 0.05) is 75.1 Å². The fraction of sp³-hybridized carbons (Fsp3) is 0.500. The van der Waals surface area contributed by atoms with Gasteiger partial charge in [0.15, 0.2) is 0 Å². The molecule has 23 heteroatoms. The first-order chi connectivity index (χ1) is 35.8. The number of para-hydroxylation sites is 1. The van der Waals surface area contributed by atoms with E-state index in [0.29, 0.717) is 60.7 Å². The zero-order valence-electron chi connectivity index (χ0n) is 43.2. The van der Waals surface area contributed by atoms with Gasteiger partial charge in [-0.05, 0) is 81.7 Å². The molecule has 0 spiro atoms. The lowest BCUT2D eigenvalue weighted by atomic mass is 9.83. The quantitative estimate of drug-likeness (QED) is 0.0265. The molecule has 9 N–H and O–H groups in total. The second-order valence-electron chi connectivity index (χ2n) is 19.2. The van der Waals surface area contributed by atoms with Gasteiger partial charge in [-0.15, -0.1) is 5.10 Å². The van der Waals surface area contributed by atoms with E-state index in [0.717, 1.165) is 22.2 Å². The minimum absolute atomic E-state index is 0.0456. The number of Topliss-reactive ketones (excluding diaryl/α,β-unsaturated/α-hetero) is 1. The second kappa shape index (κ2) is 28.7. The van der Waals surface area contributed by atoms with Crippen LogP contribution in [-0.4, -0.2) is 129 Å². The number of benzene rings is 2. The number of carbonyl (C=O) groups excluding carboxylic acids is 8. The van der Waals surface area contributed by atoms with Crippen molar-refractivity contribution in [1.29, 1.82) is 0 Å². The number of nitrogens with one attached hydrogen (secondary N) is 6. The summed E-state index contributed by atoms with van der Waals surface area (Å²) in [4.78, 5) is 110. The molecule has 4 aromatic rings. The molecular weight excluding hydrogens is 969 g/mol. The number of aliphatic hydroxyl groups is 1. The molecule has 0 fully saturated rings. The number of aldehydes is 1. The number of aliphatic imine (C=N–C) groups is 1. The lowest BCUT2D eigenvalue weighted by Gasteiger charge is -2.25. The predicted molar refractivity (Wildman–Crippen MR) is 278 cm³/mol. The molecule has 2 aromatic carbocycles. The van der Waals surface area contributed by atoms with Crippen LogP contribution in [0.3, 0.4) is 0 Å². The SMILES string of the molecule is CCOCC1=Nc2c(CC(=O)CCCNC(=O)OCc3ccc(NC(=O)[C@H](CCCNC(N)=O)NC(=O)[C@@H](NC(=O)Cn4cc(CCC(=O)NCCC=O)nn4)C(C)C)cc3)nc3ccccc3c2C1CC(C)(C)O. The van der Waals surface area contributed by atoms with Gasteiger partial charge in [0.2, 0.25) is 23.6 Å². The summed E-state index contributed by atoms with van der Waals surface area (Å²) in [5, 5.41) is 35.6. The van der Waals surface area contributed by atoms with E-state index in [4.69, 9.17) is 25.2 Å². The van der Waals surface area contributed by atoms with Gasteiger partial charge in [0.1, 0.15) is 37.3 Å². The number of ketones is 1. The Kier molecular flexibility index (Phi) is 22.3. The molecule has 3 heterocycles. The molecule has 0 saturated heterocycles. The second-order valence-corrected chi connectivity index (χ2v) is 19.2. The summed E-state index contributed by atoms with van der Waals surface area (Å²) >= 11 is 0. The summed E-state index contributed by atoms with van der Waals surface area (Å²) < 4.78 is 12.4. The Morgan fingerprint density at radius 3 is 2.35 bits per heavy atom. The van der Waals surface area contributed by atoms with E-state index >= 15 is 0 Å². The van der Waals surface area contributed by atoms with Gasteiger partial charge < -0.3 is 57.0 Å². The first-order valence-corrected chi connectivity index (χ1v) is 25.2. The van der Waals surface area contributed by atoms with Crippen molar-refractivity contribution in [3.8, 4) is 0 Å². The number of carbonyl (C=O) groups is 8. The Morgan fingerprint density at radius 1 is 0.893 bits per heavy atom. The fourth-order valence-electron chi connectivity index (χ4n) is 8.27. The van der Waals surface area contributed by atoms with Crippen LogP contribution in [0, 0.1) is 5.92 Å². The van der Waals surface area contributed by atoms with Crippen molar-refractivity contribution >= 4 is 75.8 Å². The molecule has 1 unspecified atom stereocenters. The maximum Gasteiger partial charge on any atom is 0.407 e. The number of aromatic nitrogens is 4. The van der Waals surface area contributed by atoms with Gasteiger partial charge in [-0.3, -0.25) is 33.9 Å². The molecule has 75 heavy (non-hydrogen) atoms. The zero-order chi connectivity index (χ0) is 54.5. The number of hydrogen-bond donors (Lipinski definition) is 8. The number of amides is 7. The zero-order valence-corrected chi connectivity index (χ0v) is 43.2. The van der Waals surface area contributed by atoms with Crippen LogP contribution in [0.25, 0.3) is 10.9 Å². The summed E-state index contributed by atoms with van der Waals surface area (Å²) in [5.41, 5.74) is 9.35. The molecule has 3 atom stereocenters. The van der Waals surface area contributed by atoms with E-state index in [2.05, 4.69) is 42.2 Å². The molecule has 0 saturated carbocycles. The van der Waals surface area contributed by atoms with Crippen LogP contribution >= 0.6 is 0 Å². The number of urea groups is 1. The molecule has 0 bridgehead atoms. The molecule has 0 radical (unpaired) electrons. The molecule has 1 aliphatic heterocycles. The van der Waals surface area contributed by atoms with Crippen LogP contribution in [0.2, 0.25) is 0 Å². The molecule has 2 aromatic heterocycles. The average Bonchev–Trinajstić information content (AvgIpc) is 3.97. The number of fused-ring (bicyclic) bond motifs is 3. The van der Waals surface area contributed by atoms with Crippen LogP contribution in [0.15, 0.2) is 59.7 Å². The number of alkyl carbamates (subject to hydrolysis) is 1. The maximum absolute atomic E-state index is 13.7. The Labute approximate surface area is 435 Å². The van der Waals surface area contributed by atoms with E-state index in [9.17, 15) is 43.5 Å². The van der Waals surface area contributed by atoms with Crippen molar-refractivity contribution in [1.82, 2.24) is 46.6 Å². The van der Waals surface area contributed by atoms with Crippen LogP contribution in [0.5, 0.6) is 0 Å². The highest BCUT2D eigenvalue weighted by Crippen LogP contribution is 2.45. The smallest absolute Gasteiger partial charge is 0.407 e. The molecule has 5 rings (SSSR count). The first kappa shape index (κ1) is 58.2. The topological polar surface area (TPSA) is 329 Å². The Balaban J connectivity index is 1.09. The first-order valence-electron chi connectivity index (χ1n) is 25.2. The van der Waals surface area contributed by atoms with Crippen molar-refractivity contribution in [2.75, 3.05) is 38.2 Å². The minimum atomic E-state index is -1.09. The van der Waals surface area contributed by atoms with Gasteiger partial charge in [-0.25, -0.2) is 14.3 Å². The monoisotopic (exact) mass is 1040 g/mol. The van der Waals surface area contributed by atoms with Crippen molar-refractivity contribution in [3.05, 3.63) is 77.2 Å². The van der Waals surface area contributed by atoms with E-state index in [1.165, 1.54) is 10.9 Å². The normalized spacial score (nSPS) is 13.7. The highest BCUT2D eigenvalue weighted by atomic mass is 16.5.